The fourth-order valence-corrected chi connectivity index (χ4v) is 2.76. The Balaban J connectivity index is 2.04. The van der Waals surface area contributed by atoms with Gasteiger partial charge in [-0.15, -0.1) is 0 Å². The van der Waals surface area contributed by atoms with Crippen LogP contribution >= 0.6 is 0 Å². The Hall–Kier alpha value is -1.06. The van der Waals surface area contributed by atoms with E-state index in [9.17, 15) is 9.59 Å². The van der Waals surface area contributed by atoms with E-state index in [4.69, 9.17) is 0 Å². The van der Waals surface area contributed by atoms with Gasteiger partial charge in [0.05, 0.1) is 0 Å². The first-order valence-corrected chi connectivity index (χ1v) is 7.15. The van der Waals surface area contributed by atoms with Crippen molar-refractivity contribution in [1.29, 1.82) is 0 Å². The van der Waals surface area contributed by atoms with E-state index in [-0.39, 0.29) is 23.9 Å². The number of nitrogens with one attached hydrogen (secondary N) is 1. The molecule has 0 aromatic rings. The molecule has 1 aliphatic heterocycles. The lowest BCUT2D eigenvalue weighted by atomic mass is 10.00. The molecule has 2 rings (SSSR count). The highest BCUT2D eigenvalue weighted by Crippen LogP contribution is 2.35. The molecule has 1 heterocycles. The largest absolute Gasteiger partial charge is 0.342 e. The number of carbonyl (C=O) groups is 2. The van der Waals surface area contributed by atoms with Crippen LogP contribution in [0.4, 0.5) is 0 Å². The van der Waals surface area contributed by atoms with Gasteiger partial charge >= 0.3 is 0 Å². The Morgan fingerprint density at radius 3 is 2.61 bits per heavy atom. The molecule has 3 atom stereocenters. The SMILES string of the molecule is CCCC(C)CN1C(=O)C(C2CC2)NC(=O)C1C. The summed E-state index contributed by atoms with van der Waals surface area (Å²) in [5, 5.41) is 2.88. The molecule has 3 unspecified atom stereocenters. The second-order valence-electron chi connectivity index (χ2n) is 5.88. The van der Waals surface area contributed by atoms with Crippen molar-refractivity contribution in [3.63, 3.8) is 0 Å². The molecular formula is C14H24N2O2. The van der Waals surface area contributed by atoms with Gasteiger partial charge in [-0.05, 0) is 38.0 Å². The first kappa shape index (κ1) is 13.4. The maximum absolute atomic E-state index is 12.4. The van der Waals surface area contributed by atoms with E-state index in [0.29, 0.717) is 18.4 Å². The normalized spacial score (nSPS) is 30.3. The predicted molar refractivity (Wildman–Crippen MR) is 69.9 cm³/mol. The van der Waals surface area contributed by atoms with E-state index in [1.165, 1.54) is 0 Å². The summed E-state index contributed by atoms with van der Waals surface area (Å²) in [4.78, 5) is 26.1. The maximum Gasteiger partial charge on any atom is 0.246 e. The molecule has 4 heteroatoms. The first-order valence-electron chi connectivity index (χ1n) is 7.15. The molecule has 0 radical (unpaired) electrons. The lowest BCUT2D eigenvalue weighted by molar-refractivity contribution is -0.149. The topological polar surface area (TPSA) is 49.4 Å². The van der Waals surface area contributed by atoms with Crippen LogP contribution in [0.15, 0.2) is 0 Å². The summed E-state index contributed by atoms with van der Waals surface area (Å²) in [6.45, 7) is 6.85. The standard InChI is InChI=1S/C14H24N2O2/c1-4-5-9(2)8-16-10(3)13(17)15-12(14(16)18)11-6-7-11/h9-12H,4-8H2,1-3H3,(H,15,17). The van der Waals surface area contributed by atoms with E-state index in [0.717, 1.165) is 25.7 Å². The van der Waals surface area contributed by atoms with E-state index in [2.05, 4.69) is 19.2 Å². The molecule has 2 aliphatic rings. The maximum atomic E-state index is 12.4. The lowest BCUT2D eigenvalue weighted by Crippen LogP contribution is -2.63. The minimum Gasteiger partial charge on any atom is -0.342 e. The van der Waals surface area contributed by atoms with Gasteiger partial charge in [-0.2, -0.15) is 0 Å². The summed E-state index contributed by atoms with van der Waals surface area (Å²) in [6.07, 6.45) is 4.37. The molecule has 1 saturated heterocycles. The van der Waals surface area contributed by atoms with Gasteiger partial charge in [0.25, 0.3) is 0 Å². The summed E-state index contributed by atoms with van der Waals surface area (Å²) in [5.74, 6) is 0.993. The molecular weight excluding hydrogens is 228 g/mol. The minimum atomic E-state index is -0.313. The smallest absolute Gasteiger partial charge is 0.246 e. The van der Waals surface area contributed by atoms with Crippen molar-refractivity contribution in [2.75, 3.05) is 6.54 Å². The molecule has 102 valence electrons. The number of amides is 2. The molecule has 0 spiro atoms. The molecule has 0 aromatic heterocycles. The highest BCUT2D eigenvalue weighted by Gasteiger charge is 2.45. The molecule has 0 bridgehead atoms. The molecule has 1 saturated carbocycles. The minimum absolute atomic E-state index is 0.00944. The van der Waals surface area contributed by atoms with Crippen molar-refractivity contribution in [2.24, 2.45) is 11.8 Å². The second kappa shape index (κ2) is 5.29. The average Bonchev–Trinajstić information content (AvgIpc) is 3.14. The average molecular weight is 252 g/mol. The number of rotatable bonds is 5. The van der Waals surface area contributed by atoms with Crippen LogP contribution in [0.25, 0.3) is 0 Å². The van der Waals surface area contributed by atoms with Gasteiger partial charge in [-0.1, -0.05) is 20.3 Å². The summed E-state index contributed by atoms with van der Waals surface area (Å²) >= 11 is 0. The van der Waals surface area contributed by atoms with Crippen LogP contribution in [0.1, 0.15) is 46.5 Å². The third-order valence-corrected chi connectivity index (χ3v) is 4.08. The first-order chi connectivity index (χ1) is 8.54. The van der Waals surface area contributed by atoms with Crippen molar-refractivity contribution in [3.8, 4) is 0 Å². The zero-order valence-corrected chi connectivity index (χ0v) is 11.6. The van der Waals surface area contributed by atoms with Crippen LogP contribution in [0.2, 0.25) is 0 Å². The van der Waals surface area contributed by atoms with E-state index in [1.54, 1.807) is 4.90 Å². The van der Waals surface area contributed by atoms with Crippen LogP contribution in [0.5, 0.6) is 0 Å². The van der Waals surface area contributed by atoms with Crippen molar-refractivity contribution in [1.82, 2.24) is 10.2 Å². The Morgan fingerprint density at radius 2 is 2.06 bits per heavy atom. The number of hydrogen-bond donors (Lipinski definition) is 1. The lowest BCUT2D eigenvalue weighted by Gasteiger charge is -2.38. The summed E-state index contributed by atoms with van der Waals surface area (Å²) in [5.41, 5.74) is 0. The molecule has 0 aromatic carbocycles. The molecule has 4 nitrogen and oxygen atoms in total. The summed E-state index contributed by atoms with van der Waals surface area (Å²) in [6, 6.07) is -0.561. The Bertz CT molecular complexity index is 339. The predicted octanol–water partition coefficient (Wildman–Crippen LogP) is 1.55. The molecule has 2 amide bonds. The van der Waals surface area contributed by atoms with Crippen molar-refractivity contribution in [2.45, 2.75) is 58.5 Å². The number of carbonyl (C=O) groups excluding carboxylic acids is 2. The van der Waals surface area contributed by atoms with Crippen LogP contribution in [0.3, 0.4) is 0 Å². The Labute approximate surface area is 109 Å². The number of hydrogen-bond acceptors (Lipinski definition) is 2. The van der Waals surface area contributed by atoms with E-state index < -0.39 is 0 Å². The van der Waals surface area contributed by atoms with Crippen LogP contribution in [0, 0.1) is 11.8 Å². The highest BCUT2D eigenvalue weighted by molar-refractivity contribution is 5.97. The zero-order chi connectivity index (χ0) is 13.3. The van der Waals surface area contributed by atoms with E-state index >= 15 is 0 Å². The Morgan fingerprint density at radius 1 is 1.39 bits per heavy atom. The van der Waals surface area contributed by atoms with Crippen LogP contribution in [-0.4, -0.2) is 35.3 Å². The number of piperazine rings is 1. The van der Waals surface area contributed by atoms with Gasteiger partial charge < -0.3 is 10.2 Å². The van der Waals surface area contributed by atoms with Gasteiger partial charge in [0.15, 0.2) is 0 Å². The van der Waals surface area contributed by atoms with E-state index in [1.807, 2.05) is 6.92 Å². The molecule has 1 aliphatic carbocycles. The summed E-state index contributed by atoms with van der Waals surface area (Å²) < 4.78 is 0. The molecule has 2 fully saturated rings. The fourth-order valence-electron chi connectivity index (χ4n) is 2.76. The van der Waals surface area contributed by atoms with Crippen LogP contribution in [-0.2, 0) is 9.59 Å². The van der Waals surface area contributed by atoms with Gasteiger partial charge in [0.2, 0.25) is 11.8 Å². The summed E-state index contributed by atoms with van der Waals surface area (Å²) in [7, 11) is 0. The van der Waals surface area contributed by atoms with Crippen LogP contribution < -0.4 is 5.32 Å². The van der Waals surface area contributed by atoms with Gasteiger partial charge in [-0.3, -0.25) is 9.59 Å². The second-order valence-corrected chi connectivity index (χ2v) is 5.88. The van der Waals surface area contributed by atoms with Gasteiger partial charge in [-0.25, -0.2) is 0 Å². The molecule has 1 N–H and O–H groups in total. The Kier molecular flexibility index (Phi) is 3.93. The fraction of sp³-hybridized carbons (Fsp3) is 0.857. The molecule has 18 heavy (non-hydrogen) atoms. The monoisotopic (exact) mass is 252 g/mol. The van der Waals surface area contributed by atoms with Crippen molar-refractivity contribution in [3.05, 3.63) is 0 Å². The van der Waals surface area contributed by atoms with Gasteiger partial charge in [0, 0.05) is 6.54 Å². The highest BCUT2D eigenvalue weighted by atomic mass is 16.2. The van der Waals surface area contributed by atoms with Crippen molar-refractivity contribution >= 4 is 11.8 Å². The third kappa shape index (κ3) is 2.68. The quantitative estimate of drug-likeness (QED) is 0.807. The third-order valence-electron chi connectivity index (χ3n) is 4.08. The zero-order valence-electron chi connectivity index (χ0n) is 11.6. The van der Waals surface area contributed by atoms with Crippen molar-refractivity contribution < 1.29 is 9.59 Å². The van der Waals surface area contributed by atoms with Gasteiger partial charge in [0.1, 0.15) is 12.1 Å². The number of nitrogens with zero attached hydrogens (tertiary/aromatic N) is 1.